The highest BCUT2D eigenvalue weighted by Gasteiger charge is 2.11. The summed E-state index contributed by atoms with van der Waals surface area (Å²) in [6.45, 7) is 2.04. The highest BCUT2D eigenvalue weighted by Crippen LogP contribution is 2.21. The van der Waals surface area contributed by atoms with Crippen molar-refractivity contribution < 1.29 is 4.79 Å². The molecule has 0 bridgehead atoms. The second-order valence-corrected chi connectivity index (χ2v) is 7.11. The molecule has 3 nitrogen and oxygen atoms in total. The number of fused-ring (bicyclic) bond motifs is 2. The van der Waals surface area contributed by atoms with Gasteiger partial charge in [0.2, 0.25) is 5.91 Å². The van der Waals surface area contributed by atoms with Gasteiger partial charge in [0.1, 0.15) is 0 Å². The summed E-state index contributed by atoms with van der Waals surface area (Å²) >= 11 is 0. The third kappa shape index (κ3) is 3.87. The number of aromatic amines is 1. The van der Waals surface area contributed by atoms with Gasteiger partial charge in [0.25, 0.3) is 0 Å². The monoisotopic (exact) mass is 356 g/mol. The molecule has 3 heteroatoms. The molecule has 1 unspecified atom stereocenters. The Bertz CT molecular complexity index is 1080. The smallest absolute Gasteiger partial charge is 0.220 e. The van der Waals surface area contributed by atoms with Crippen LogP contribution in [0.1, 0.15) is 36.9 Å². The van der Waals surface area contributed by atoms with Crippen molar-refractivity contribution in [1.29, 1.82) is 0 Å². The highest BCUT2D eigenvalue weighted by molar-refractivity contribution is 5.84. The van der Waals surface area contributed by atoms with Gasteiger partial charge in [-0.25, -0.2) is 0 Å². The maximum Gasteiger partial charge on any atom is 0.220 e. The van der Waals surface area contributed by atoms with Crippen LogP contribution in [0, 0.1) is 0 Å². The second-order valence-electron chi connectivity index (χ2n) is 7.11. The minimum Gasteiger partial charge on any atom is -0.361 e. The zero-order valence-electron chi connectivity index (χ0n) is 15.5. The fraction of sp³-hybridized carbons (Fsp3) is 0.208. The number of nitrogens with one attached hydrogen (secondary N) is 2. The van der Waals surface area contributed by atoms with Gasteiger partial charge in [0, 0.05) is 23.5 Å². The van der Waals surface area contributed by atoms with E-state index >= 15 is 0 Å². The van der Waals surface area contributed by atoms with Crippen molar-refractivity contribution in [3.63, 3.8) is 0 Å². The number of hydrogen-bond donors (Lipinski definition) is 2. The summed E-state index contributed by atoms with van der Waals surface area (Å²) in [7, 11) is 0. The lowest BCUT2D eigenvalue weighted by Gasteiger charge is -2.15. The summed E-state index contributed by atoms with van der Waals surface area (Å²) in [5.74, 6) is 0.107. The van der Waals surface area contributed by atoms with Gasteiger partial charge >= 0.3 is 0 Å². The Labute approximate surface area is 159 Å². The first-order valence-electron chi connectivity index (χ1n) is 9.54. The van der Waals surface area contributed by atoms with Crippen molar-refractivity contribution in [3.05, 3.63) is 84.1 Å². The van der Waals surface area contributed by atoms with Gasteiger partial charge in [-0.1, -0.05) is 54.6 Å². The van der Waals surface area contributed by atoms with E-state index < -0.39 is 0 Å². The number of carbonyl (C=O) groups is 1. The summed E-state index contributed by atoms with van der Waals surface area (Å²) < 4.78 is 0. The lowest BCUT2D eigenvalue weighted by Crippen LogP contribution is -2.26. The maximum atomic E-state index is 12.4. The van der Waals surface area contributed by atoms with Gasteiger partial charge in [0.15, 0.2) is 0 Å². The van der Waals surface area contributed by atoms with Crippen LogP contribution in [0.25, 0.3) is 21.7 Å². The largest absolute Gasteiger partial charge is 0.361 e. The average molecular weight is 356 g/mol. The zero-order chi connectivity index (χ0) is 18.6. The molecule has 0 radical (unpaired) electrons. The van der Waals surface area contributed by atoms with Crippen LogP contribution >= 0.6 is 0 Å². The first kappa shape index (κ1) is 17.3. The number of carbonyl (C=O) groups excluding carboxylic acids is 1. The lowest BCUT2D eigenvalue weighted by molar-refractivity contribution is -0.121. The quantitative estimate of drug-likeness (QED) is 0.469. The number of aryl methyl sites for hydroxylation is 1. The predicted octanol–water partition coefficient (Wildman–Crippen LogP) is 5.52. The highest BCUT2D eigenvalue weighted by atomic mass is 16.1. The van der Waals surface area contributed by atoms with Gasteiger partial charge in [-0.15, -0.1) is 0 Å². The molecule has 1 heterocycles. The molecule has 0 fully saturated rings. The molecule has 27 heavy (non-hydrogen) atoms. The molecule has 136 valence electrons. The van der Waals surface area contributed by atoms with Gasteiger partial charge in [-0.05, 0) is 53.8 Å². The van der Waals surface area contributed by atoms with E-state index in [0.29, 0.717) is 6.42 Å². The standard InChI is InChI=1S/C24H24N2O/c1-17(19-14-13-18-7-2-3-8-20(18)15-19)26-24(27)12-6-9-21-16-25-23-11-5-4-10-22(21)23/h2-5,7-8,10-11,13-17,25H,6,9,12H2,1H3,(H,26,27). The molecule has 0 aliphatic heterocycles. The maximum absolute atomic E-state index is 12.4. The number of hydrogen-bond acceptors (Lipinski definition) is 1. The molecule has 0 saturated heterocycles. The minimum absolute atomic E-state index is 0.00944. The third-order valence-corrected chi connectivity index (χ3v) is 5.18. The van der Waals surface area contributed by atoms with Crippen molar-refractivity contribution in [2.45, 2.75) is 32.2 Å². The molecule has 1 aromatic heterocycles. The molecule has 0 spiro atoms. The normalized spacial score (nSPS) is 12.3. The molecule has 4 rings (SSSR count). The van der Waals surface area contributed by atoms with Gasteiger partial charge in [-0.2, -0.15) is 0 Å². The van der Waals surface area contributed by atoms with Crippen molar-refractivity contribution in [3.8, 4) is 0 Å². The molecule has 4 aromatic rings. The molecule has 1 amide bonds. The molecular weight excluding hydrogens is 332 g/mol. The van der Waals surface area contributed by atoms with Crippen LogP contribution in [-0.2, 0) is 11.2 Å². The third-order valence-electron chi connectivity index (χ3n) is 5.18. The van der Waals surface area contributed by atoms with Gasteiger partial charge in [0.05, 0.1) is 6.04 Å². The number of rotatable bonds is 6. The number of aromatic nitrogens is 1. The second kappa shape index (κ2) is 7.67. The van der Waals surface area contributed by atoms with Gasteiger partial charge < -0.3 is 10.3 Å². The zero-order valence-corrected chi connectivity index (χ0v) is 15.5. The van der Waals surface area contributed by atoms with Crippen LogP contribution in [0.15, 0.2) is 72.9 Å². The van der Waals surface area contributed by atoms with Crippen LogP contribution < -0.4 is 5.32 Å². The summed E-state index contributed by atoms with van der Waals surface area (Å²) in [6.07, 6.45) is 4.34. The topological polar surface area (TPSA) is 44.9 Å². The van der Waals surface area contributed by atoms with Crippen molar-refractivity contribution in [2.75, 3.05) is 0 Å². The number of H-pyrrole nitrogens is 1. The van der Waals surface area contributed by atoms with E-state index in [1.807, 2.05) is 25.1 Å². The van der Waals surface area contributed by atoms with Crippen LogP contribution in [-0.4, -0.2) is 10.9 Å². The van der Waals surface area contributed by atoms with E-state index in [4.69, 9.17) is 0 Å². The number of para-hydroxylation sites is 1. The summed E-state index contributed by atoms with van der Waals surface area (Å²) in [5, 5.41) is 6.81. The minimum atomic E-state index is 0.00944. The van der Waals surface area contributed by atoms with Crippen LogP contribution in [0.5, 0.6) is 0 Å². The Balaban J connectivity index is 1.33. The van der Waals surface area contributed by atoms with E-state index in [1.165, 1.54) is 21.7 Å². The number of benzene rings is 3. The summed E-state index contributed by atoms with van der Waals surface area (Å²) in [6, 6.07) is 23.0. The Hall–Kier alpha value is -3.07. The average Bonchev–Trinajstić information content (AvgIpc) is 3.11. The molecule has 1 atom stereocenters. The SMILES string of the molecule is CC(NC(=O)CCCc1c[nH]c2ccccc12)c1ccc2ccccc2c1. The first-order chi connectivity index (χ1) is 13.2. The fourth-order valence-corrected chi connectivity index (χ4v) is 3.65. The van der Waals surface area contributed by atoms with Crippen molar-refractivity contribution >= 4 is 27.6 Å². The Morgan fingerprint density at radius 1 is 1.00 bits per heavy atom. The Morgan fingerprint density at radius 3 is 2.67 bits per heavy atom. The van der Waals surface area contributed by atoms with Crippen LogP contribution in [0.3, 0.4) is 0 Å². The Morgan fingerprint density at radius 2 is 1.78 bits per heavy atom. The first-order valence-corrected chi connectivity index (χ1v) is 9.54. The Kier molecular flexibility index (Phi) is 4.93. The van der Waals surface area contributed by atoms with E-state index in [2.05, 4.69) is 65.0 Å². The van der Waals surface area contributed by atoms with Crippen LogP contribution in [0.2, 0.25) is 0 Å². The molecule has 2 N–H and O–H groups in total. The molecule has 0 aliphatic carbocycles. The number of amides is 1. The fourth-order valence-electron chi connectivity index (χ4n) is 3.65. The van der Waals surface area contributed by atoms with E-state index in [-0.39, 0.29) is 11.9 Å². The molecular formula is C24H24N2O. The summed E-state index contributed by atoms with van der Waals surface area (Å²) in [4.78, 5) is 15.7. The van der Waals surface area contributed by atoms with E-state index in [9.17, 15) is 4.79 Å². The predicted molar refractivity (Wildman–Crippen MR) is 112 cm³/mol. The molecule has 0 aliphatic rings. The summed E-state index contributed by atoms with van der Waals surface area (Å²) in [5.41, 5.74) is 3.57. The van der Waals surface area contributed by atoms with Gasteiger partial charge in [-0.3, -0.25) is 4.79 Å². The lowest BCUT2D eigenvalue weighted by atomic mass is 10.0. The van der Waals surface area contributed by atoms with E-state index in [0.717, 1.165) is 23.9 Å². The molecule has 3 aromatic carbocycles. The molecule has 0 saturated carbocycles. The van der Waals surface area contributed by atoms with Crippen LogP contribution in [0.4, 0.5) is 0 Å². The van der Waals surface area contributed by atoms with E-state index in [1.54, 1.807) is 0 Å². The van der Waals surface area contributed by atoms with Crippen molar-refractivity contribution in [2.24, 2.45) is 0 Å². The van der Waals surface area contributed by atoms with Crippen molar-refractivity contribution in [1.82, 2.24) is 10.3 Å².